The van der Waals surface area contributed by atoms with E-state index >= 15 is 0 Å². The lowest BCUT2D eigenvalue weighted by Crippen LogP contribution is -2.07. The van der Waals surface area contributed by atoms with Crippen LogP contribution < -0.4 is 15.8 Å². The molecule has 1 aromatic carbocycles. The van der Waals surface area contributed by atoms with Crippen molar-refractivity contribution in [3.05, 3.63) is 67.0 Å². The number of ether oxygens (including phenoxy) is 1. The van der Waals surface area contributed by atoms with Gasteiger partial charge in [0.1, 0.15) is 12.4 Å². The van der Waals surface area contributed by atoms with Gasteiger partial charge in [0.2, 0.25) is 5.91 Å². The Kier molecular flexibility index (Phi) is 5.31. The summed E-state index contributed by atoms with van der Waals surface area (Å²) >= 11 is 0. The highest BCUT2D eigenvalue weighted by molar-refractivity contribution is 6.01. The molecule has 2 aromatic rings. The Morgan fingerprint density at radius 2 is 2.27 bits per heavy atom. The summed E-state index contributed by atoms with van der Waals surface area (Å²) in [6, 6.07) is 8.84. The first kappa shape index (κ1) is 15.3. The van der Waals surface area contributed by atoms with E-state index in [1.54, 1.807) is 48.8 Å². The summed E-state index contributed by atoms with van der Waals surface area (Å²) in [4.78, 5) is 15.7. The summed E-state index contributed by atoms with van der Waals surface area (Å²) in [7, 11) is 0. The summed E-state index contributed by atoms with van der Waals surface area (Å²) in [5.41, 5.74) is 7.85. The van der Waals surface area contributed by atoms with E-state index in [1.807, 2.05) is 6.07 Å². The third kappa shape index (κ3) is 4.49. The average molecular weight is 295 g/mol. The van der Waals surface area contributed by atoms with Gasteiger partial charge in [-0.25, -0.2) is 0 Å². The number of nitrogens with two attached hydrogens (primary N) is 1. The van der Waals surface area contributed by atoms with Crippen LogP contribution in [0.5, 0.6) is 5.75 Å². The fourth-order valence-electron chi connectivity index (χ4n) is 1.74. The van der Waals surface area contributed by atoms with Crippen molar-refractivity contribution in [1.29, 1.82) is 0 Å². The van der Waals surface area contributed by atoms with Gasteiger partial charge in [0, 0.05) is 12.3 Å². The summed E-state index contributed by atoms with van der Waals surface area (Å²) in [6.45, 7) is 3.98. The lowest BCUT2D eigenvalue weighted by molar-refractivity contribution is -0.111. The zero-order chi connectivity index (χ0) is 15.8. The molecule has 0 fully saturated rings. The third-order valence-electron chi connectivity index (χ3n) is 2.75. The minimum absolute atomic E-state index is 0.237. The number of hydrogen-bond donors (Lipinski definition) is 2. The molecule has 1 amide bonds. The largest absolute Gasteiger partial charge is 0.487 e. The maximum atomic E-state index is 11.8. The molecule has 0 spiro atoms. The zero-order valence-electron chi connectivity index (χ0n) is 12.0. The van der Waals surface area contributed by atoms with Crippen molar-refractivity contribution in [2.45, 2.75) is 0 Å². The van der Waals surface area contributed by atoms with Gasteiger partial charge in [-0.05, 0) is 35.9 Å². The van der Waals surface area contributed by atoms with Gasteiger partial charge >= 0.3 is 0 Å². The van der Waals surface area contributed by atoms with Crippen molar-refractivity contribution < 1.29 is 9.53 Å². The zero-order valence-corrected chi connectivity index (χ0v) is 12.0. The molecule has 0 aliphatic carbocycles. The number of nitrogens with zero attached hydrogens (tertiary/aromatic N) is 1. The van der Waals surface area contributed by atoms with Crippen LogP contribution in [0.1, 0.15) is 5.56 Å². The molecule has 5 nitrogen and oxygen atoms in total. The molecule has 112 valence electrons. The summed E-state index contributed by atoms with van der Waals surface area (Å²) in [6.07, 6.45) is 7.99. The summed E-state index contributed by atoms with van der Waals surface area (Å²) < 4.78 is 5.39. The first-order valence-electron chi connectivity index (χ1n) is 6.71. The molecular weight excluding hydrogens is 278 g/mol. The van der Waals surface area contributed by atoms with Gasteiger partial charge in [-0.2, -0.15) is 0 Å². The van der Waals surface area contributed by atoms with Gasteiger partial charge in [-0.3, -0.25) is 9.78 Å². The monoisotopic (exact) mass is 295 g/mol. The second-order valence-corrected chi connectivity index (χ2v) is 4.46. The van der Waals surface area contributed by atoms with Crippen LogP contribution in [0.2, 0.25) is 0 Å². The van der Waals surface area contributed by atoms with Crippen LogP contribution in [-0.2, 0) is 4.79 Å². The molecule has 0 saturated carbocycles. The van der Waals surface area contributed by atoms with E-state index in [2.05, 4.69) is 16.9 Å². The van der Waals surface area contributed by atoms with Crippen molar-refractivity contribution >= 4 is 23.4 Å². The second-order valence-electron chi connectivity index (χ2n) is 4.46. The van der Waals surface area contributed by atoms with E-state index in [9.17, 15) is 4.79 Å². The molecule has 0 saturated heterocycles. The van der Waals surface area contributed by atoms with Gasteiger partial charge in [-0.1, -0.05) is 18.7 Å². The highest BCUT2D eigenvalue weighted by Gasteiger charge is 2.01. The highest BCUT2D eigenvalue weighted by Crippen LogP contribution is 2.23. The molecule has 3 N–H and O–H groups in total. The first-order valence-corrected chi connectivity index (χ1v) is 6.71. The smallest absolute Gasteiger partial charge is 0.248 e. The van der Waals surface area contributed by atoms with E-state index in [4.69, 9.17) is 10.5 Å². The lowest BCUT2D eigenvalue weighted by atomic mass is 10.1. The Balaban J connectivity index is 1.99. The quantitative estimate of drug-likeness (QED) is 0.488. The number of carbonyl (C=O) groups is 1. The topological polar surface area (TPSA) is 77.2 Å². The molecule has 0 aliphatic heterocycles. The average Bonchev–Trinajstić information content (AvgIpc) is 2.53. The number of hydrogen-bond acceptors (Lipinski definition) is 4. The Bertz CT molecular complexity index is 682. The van der Waals surface area contributed by atoms with Crippen LogP contribution in [0.25, 0.3) is 6.08 Å². The number of benzene rings is 1. The van der Waals surface area contributed by atoms with E-state index in [-0.39, 0.29) is 5.91 Å². The van der Waals surface area contributed by atoms with Crippen LogP contribution in [0.15, 0.2) is 61.5 Å². The second kappa shape index (κ2) is 7.64. The van der Waals surface area contributed by atoms with Gasteiger partial charge in [0.25, 0.3) is 0 Å². The van der Waals surface area contributed by atoms with E-state index in [0.717, 1.165) is 5.56 Å². The molecule has 5 heteroatoms. The number of aromatic nitrogens is 1. The molecule has 0 radical (unpaired) electrons. The van der Waals surface area contributed by atoms with Crippen molar-refractivity contribution in [3.63, 3.8) is 0 Å². The molecule has 0 bridgehead atoms. The van der Waals surface area contributed by atoms with Gasteiger partial charge in [-0.15, -0.1) is 0 Å². The molecule has 2 rings (SSSR count). The third-order valence-corrected chi connectivity index (χ3v) is 2.75. The fourth-order valence-corrected chi connectivity index (χ4v) is 1.74. The van der Waals surface area contributed by atoms with Crippen LogP contribution in [0, 0.1) is 0 Å². The number of rotatable bonds is 6. The van der Waals surface area contributed by atoms with Gasteiger partial charge in [0.15, 0.2) is 0 Å². The number of carbonyl (C=O) groups excluding carboxylic acids is 1. The number of pyridine rings is 1. The number of nitrogen functional groups attached to an aromatic ring is 1. The van der Waals surface area contributed by atoms with Crippen molar-refractivity contribution in [2.75, 3.05) is 17.7 Å². The Labute approximate surface area is 129 Å². The molecule has 0 aliphatic rings. The lowest BCUT2D eigenvalue weighted by Gasteiger charge is -2.07. The molecule has 0 unspecified atom stereocenters. The summed E-state index contributed by atoms with van der Waals surface area (Å²) in [5, 5.41) is 2.71. The van der Waals surface area contributed by atoms with Crippen LogP contribution in [0.3, 0.4) is 0 Å². The maximum Gasteiger partial charge on any atom is 0.248 e. The minimum Gasteiger partial charge on any atom is -0.487 e. The molecule has 0 atom stereocenters. The normalized spacial score (nSPS) is 10.4. The van der Waals surface area contributed by atoms with Crippen LogP contribution in [-0.4, -0.2) is 17.5 Å². The highest BCUT2D eigenvalue weighted by atomic mass is 16.5. The van der Waals surface area contributed by atoms with Gasteiger partial charge in [0.05, 0.1) is 17.6 Å². The Morgan fingerprint density at radius 3 is 2.95 bits per heavy atom. The maximum absolute atomic E-state index is 11.8. The number of nitrogens with one attached hydrogen (secondary N) is 1. The van der Waals surface area contributed by atoms with Crippen molar-refractivity contribution in [2.24, 2.45) is 0 Å². The molecular formula is C17H17N3O2. The van der Waals surface area contributed by atoms with Gasteiger partial charge < -0.3 is 15.8 Å². The minimum atomic E-state index is -0.237. The molecule has 22 heavy (non-hydrogen) atoms. The Morgan fingerprint density at radius 1 is 1.41 bits per heavy atom. The van der Waals surface area contributed by atoms with Crippen LogP contribution >= 0.6 is 0 Å². The molecule has 1 aromatic heterocycles. The Hall–Kier alpha value is -3.08. The first-order chi connectivity index (χ1) is 10.7. The fraction of sp³-hybridized carbons (Fsp3) is 0.0588. The van der Waals surface area contributed by atoms with Crippen molar-refractivity contribution in [1.82, 2.24) is 4.98 Å². The van der Waals surface area contributed by atoms with E-state index in [0.29, 0.717) is 23.7 Å². The van der Waals surface area contributed by atoms with Crippen LogP contribution in [0.4, 0.5) is 11.4 Å². The predicted octanol–water partition coefficient (Wildman–Crippen LogP) is 2.88. The number of anilines is 2. The number of amides is 1. The summed E-state index contributed by atoms with van der Waals surface area (Å²) in [5.74, 6) is 0.357. The SMILES string of the molecule is C=CCOc1ccc(/C=C\C(=O)Nc2cccnc2)cc1N. The van der Waals surface area contributed by atoms with E-state index in [1.165, 1.54) is 6.08 Å². The van der Waals surface area contributed by atoms with E-state index < -0.39 is 0 Å². The standard InChI is InChI=1S/C17H17N3O2/c1-2-10-22-16-7-5-13(11-15(16)18)6-8-17(21)20-14-4-3-9-19-12-14/h2-9,11-12H,1,10,18H2,(H,20,21)/b8-6-. The van der Waals surface area contributed by atoms with Crippen molar-refractivity contribution in [3.8, 4) is 5.75 Å². The molecule has 1 heterocycles. The predicted molar refractivity (Wildman–Crippen MR) is 88.4 cm³/mol.